The first-order valence-corrected chi connectivity index (χ1v) is 7.19. The quantitative estimate of drug-likeness (QED) is 0.927. The molecule has 0 aliphatic heterocycles. The van der Waals surface area contributed by atoms with Crippen molar-refractivity contribution in [3.63, 3.8) is 0 Å². The van der Waals surface area contributed by atoms with Crippen LogP contribution in [0, 0.1) is 23.1 Å². The number of hydrogen-bond donors (Lipinski definition) is 1. The molecule has 0 heterocycles. The van der Waals surface area contributed by atoms with Gasteiger partial charge in [-0.15, -0.1) is 0 Å². The van der Waals surface area contributed by atoms with Crippen molar-refractivity contribution in [1.82, 2.24) is 5.32 Å². The van der Waals surface area contributed by atoms with E-state index in [0.717, 1.165) is 31.7 Å². The Kier molecular flexibility index (Phi) is 5.15. The largest absolute Gasteiger partial charge is 0.497 e. The number of halogens is 1. The molecule has 2 rings (SSSR count). The Hall–Kier alpha value is -2.09. The van der Waals surface area contributed by atoms with Crippen LogP contribution < -0.4 is 10.1 Å². The van der Waals surface area contributed by atoms with Gasteiger partial charge < -0.3 is 10.1 Å². The van der Waals surface area contributed by atoms with Crippen molar-refractivity contribution in [3.8, 4) is 11.8 Å². The van der Waals surface area contributed by atoms with Crippen LogP contribution >= 0.6 is 0 Å². The summed E-state index contributed by atoms with van der Waals surface area (Å²) in [5.41, 5.74) is -0.0631. The molecule has 0 aromatic heterocycles. The predicted molar refractivity (Wildman–Crippen MR) is 76.4 cm³/mol. The van der Waals surface area contributed by atoms with E-state index in [9.17, 15) is 14.4 Å². The van der Waals surface area contributed by atoms with Crippen molar-refractivity contribution < 1.29 is 13.9 Å². The van der Waals surface area contributed by atoms with E-state index >= 15 is 0 Å². The predicted octanol–water partition coefficient (Wildman–Crippen LogP) is 3.04. The summed E-state index contributed by atoms with van der Waals surface area (Å²) in [4.78, 5) is 12.1. The van der Waals surface area contributed by atoms with Gasteiger partial charge in [0.05, 0.1) is 18.7 Å². The normalized spacial score (nSPS) is 16.8. The van der Waals surface area contributed by atoms with Gasteiger partial charge >= 0.3 is 0 Å². The lowest BCUT2D eigenvalue weighted by Gasteiger charge is -2.26. The Morgan fingerprint density at radius 3 is 2.71 bits per heavy atom. The average Bonchev–Trinajstić information content (AvgIpc) is 2.53. The fourth-order valence-corrected chi connectivity index (χ4v) is 2.75. The van der Waals surface area contributed by atoms with Crippen molar-refractivity contribution in [2.45, 2.75) is 38.1 Å². The number of carbonyl (C=O) groups excluding carboxylic acids is 1. The minimum Gasteiger partial charge on any atom is -0.497 e. The van der Waals surface area contributed by atoms with Crippen LogP contribution in [-0.4, -0.2) is 19.1 Å². The third kappa shape index (κ3) is 3.72. The molecule has 1 unspecified atom stereocenters. The van der Waals surface area contributed by atoms with Crippen molar-refractivity contribution in [3.05, 3.63) is 29.6 Å². The van der Waals surface area contributed by atoms with Crippen LogP contribution in [0.4, 0.5) is 4.39 Å². The maximum atomic E-state index is 13.9. The topological polar surface area (TPSA) is 62.1 Å². The van der Waals surface area contributed by atoms with E-state index in [1.165, 1.54) is 25.7 Å². The van der Waals surface area contributed by atoms with Crippen LogP contribution in [0.25, 0.3) is 0 Å². The van der Waals surface area contributed by atoms with Crippen molar-refractivity contribution in [2.75, 3.05) is 7.11 Å². The summed E-state index contributed by atoms with van der Waals surface area (Å²) in [6, 6.07) is 5.64. The molecule has 1 aromatic rings. The minimum atomic E-state index is -0.646. The third-order valence-electron chi connectivity index (χ3n) is 3.97. The molecule has 0 radical (unpaired) electrons. The molecular formula is C16H19FN2O2. The Morgan fingerprint density at radius 2 is 2.14 bits per heavy atom. The highest BCUT2D eigenvalue weighted by molar-refractivity contribution is 5.95. The molecule has 1 aromatic carbocycles. The summed E-state index contributed by atoms with van der Waals surface area (Å²) in [5.74, 6) is -0.679. The minimum absolute atomic E-state index is 0.0631. The van der Waals surface area contributed by atoms with Gasteiger partial charge in [0.1, 0.15) is 17.6 Å². The second kappa shape index (κ2) is 7.07. The first-order valence-electron chi connectivity index (χ1n) is 7.19. The Balaban J connectivity index is 2.07. The second-order valence-electron chi connectivity index (χ2n) is 5.32. The van der Waals surface area contributed by atoms with Crippen molar-refractivity contribution >= 4 is 5.91 Å². The molecule has 0 bridgehead atoms. The molecule has 112 valence electrons. The standard InChI is InChI=1S/C16H19FN2O2/c1-21-12-7-8-13(14(17)9-12)16(20)19-15(10-18)11-5-3-2-4-6-11/h7-9,11,15H,2-6H2,1H3,(H,19,20). The molecular weight excluding hydrogens is 271 g/mol. The van der Waals surface area contributed by atoms with Crippen LogP contribution in [0.15, 0.2) is 18.2 Å². The molecule has 21 heavy (non-hydrogen) atoms. The van der Waals surface area contributed by atoms with Gasteiger partial charge in [-0.3, -0.25) is 4.79 Å². The fourth-order valence-electron chi connectivity index (χ4n) is 2.75. The van der Waals surface area contributed by atoms with Crippen LogP contribution in [0.5, 0.6) is 5.75 Å². The van der Waals surface area contributed by atoms with Crippen LogP contribution in [0.3, 0.4) is 0 Å². The van der Waals surface area contributed by atoms with Crippen LogP contribution in [-0.2, 0) is 0 Å². The molecule has 1 N–H and O–H groups in total. The van der Waals surface area contributed by atoms with Gasteiger partial charge in [0.25, 0.3) is 5.91 Å². The highest BCUT2D eigenvalue weighted by Crippen LogP contribution is 2.26. The van der Waals surface area contributed by atoms with Gasteiger partial charge in [-0.2, -0.15) is 5.26 Å². The summed E-state index contributed by atoms with van der Waals surface area (Å²) < 4.78 is 18.8. The van der Waals surface area contributed by atoms with Gasteiger partial charge in [-0.25, -0.2) is 4.39 Å². The number of amides is 1. The number of ether oxygens (including phenoxy) is 1. The SMILES string of the molecule is COc1ccc(C(=O)NC(C#N)C2CCCCC2)c(F)c1. The van der Waals surface area contributed by atoms with Gasteiger partial charge in [0.15, 0.2) is 0 Å². The average molecular weight is 290 g/mol. The molecule has 1 aliphatic carbocycles. The van der Waals surface area contributed by atoms with E-state index in [0.29, 0.717) is 5.75 Å². The molecule has 5 heteroatoms. The Bertz CT molecular complexity index is 548. The van der Waals surface area contributed by atoms with E-state index in [4.69, 9.17) is 4.74 Å². The number of nitrogens with one attached hydrogen (secondary N) is 1. The molecule has 1 amide bonds. The number of carbonyl (C=O) groups is 1. The lowest BCUT2D eigenvalue weighted by atomic mass is 9.84. The zero-order valence-corrected chi connectivity index (χ0v) is 12.1. The fraction of sp³-hybridized carbons (Fsp3) is 0.500. The van der Waals surface area contributed by atoms with Gasteiger partial charge in [0, 0.05) is 6.07 Å². The van der Waals surface area contributed by atoms with E-state index in [1.54, 1.807) is 0 Å². The zero-order chi connectivity index (χ0) is 15.2. The van der Waals surface area contributed by atoms with Gasteiger partial charge in [-0.05, 0) is 30.9 Å². The maximum Gasteiger partial charge on any atom is 0.255 e. The number of nitriles is 1. The van der Waals surface area contributed by atoms with Gasteiger partial charge in [0.2, 0.25) is 0 Å². The number of methoxy groups -OCH3 is 1. The first-order chi connectivity index (χ1) is 10.2. The number of nitrogens with zero attached hydrogens (tertiary/aromatic N) is 1. The van der Waals surface area contributed by atoms with Crippen LogP contribution in [0.2, 0.25) is 0 Å². The van der Waals surface area contributed by atoms with Crippen LogP contribution in [0.1, 0.15) is 42.5 Å². The van der Waals surface area contributed by atoms with Crippen molar-refractivity contribution in [2.24, 2.45) is 5.92 Å². The third-order valence-corrected chi connectivity index (χ3v) is 3.97. The monoisotopic (exact) mass is 290 g/mol. The molecule has 0 spiro atoms. The summed E-state index contributed by atoms with van der Waals surface area (Å²) >= 11 is 0. The molecule has 4 nitrogen and oxygen atoms in total. The number of hydrogen-bond acceptors (Lipinski definition) is 3. The number of benzene rings is 1. The summed E-state index contributed by atoms with van der Waals surface area (Å²) in [5, 5.41) is 11.9. The van der Waals surface area contributed by atoms with E-state index in [-0.39, 0.29) is 11.5 Å². The summed E-state index contributed by atoms with van der Waals surface area (Å²) in [7, 11) is 1.43. The highest BCUT2D eigenvalue weighted by Gasteiger charge is 2.26. The highest BCUT2D eigenvalue weighted by atomic mass is 19.1. The molecule has 1 atom stereocenters. The second-order valence-corrected chi connectivity index (χ2v) is 5.32. The lowest BCUT2D eigenvalue weighted by molar-refractivity contribution is 0.0925. The molecule has 1 saturated carbocycles. The molecule has 1 fully saturated rings. The Morgan fingerprint density at radius 1 is 1.43 bits per heavy atom. The summed E-state index contributed by atoms with van der Waals surface area (Å²) in [6.07, 6.45) is 5.20. The van der Waals surface area contributed by atoms with E-state index in [1.807, 2.05) is 0 Å². The maximum absolute atomic E-state index is 13.9. The lowest BCUT2D eigenvalue weighted by Crippen LogP contribution is -2.40. The van der Waals surface area contributed by atoms with E-state index < -0.39 is 17.8 Å². The van der Waals surface area contributed by atoms with Gasteiger partial charge in [-0.1, -0.05) is 19.3 Å². The first kappa shape index (κ1) is 15.3. The Labute approximate surface area is 123 Å². The molecule has 1 aliphatic rings. The zero-order valence-electron chi connectivity index (χ0n) is 12.1. The smallest absolute Gasteiger partial charge is 0.255 e. The van der Waals surface area contributed by atoms with E-state index in [2.05, 4.69) is 11.4 Å². The molecule has 0 saturated heterocycles. The number of rotatable bonds is 4. The summed E-state index contributed by atoms with van der Waals surface area (Å²) in [6.45, 7) is 0. The van der Waals surface area contributed by atoms with Crippen molar-refractivity contribution in [1.29, 1.82) is 5.26 Å².